The summed E-state index contributed by atoms with van der Waals surface area (Å²) in [5, 5.41) is 7.40. The van der Waals surface area contributed by atoms with Crippen LogP contribution in [0, 0.1) is 6.92 Å². The molecule has 1 N–H and O–H groups in total. The summed E-state index contributed by atoms with van der Waals surface area (Å²) in [6.07, 6.45) is 0.959. The average molecular weight is 481 g/mol. The van der Waals surface area contributed by atoms with Crippen LogP contribution in [-0.4, -0.2) is 23.3 Å². The molecular weight excluding hydrogens is 452 g/mol. The van der Waals surface area contributed by atoms with Gasteiger partial charge in [-0.2, -0.15) is 4.98 Å². The number of ether oxygens (including phenoxy) is 1. The second-order valence-electron chi connectivity index (χ2n) is 8.80. The van der Waals surface area contributed by atoms with Gasteiger partial charge in [0.05, 0.1) is 24.4 Å². The van der Waals surface area contributed by atoms with Crippen molar-refractivity contribution in [2.45, 2.75) is 33.2 Å². The molecule has 0 saturated heterocycles. The summed E-state index contributed by atoms with van der Waals surface area (Å²) >= 11 is 0. The number of allylic oxidation sites excluding steroid dienone is 1. The van der Waals surface area contributed by atoms with Gasteiger partial charge in [-0.3, -0.25) is 4.90 Å². The Hall–Kier alpha value is -4.39. The summed E-state index contributed by atoms with van der Waals surface area (Å²) < 4.78 is 11.2. The van der Waals surface area contributed by atoms with Gasteiger partial charge in [-0.25, -0.2) is 4.79 Å². The first-order valence-corrected chi connectivity index (χ1v) is 11.9. The third kappa shape index (κ3) is 4.35. The molecule has 7 heteroatoms. The molecule has 1 aliphatic heterocycles. The summed E-state index contributed by atoms with van der Waals surface area (Å²) in [6, 6.07) is 22.8. The number of amides is 2. The monoisotopic (exact) mass is 480 g/mol. The van der Waals surface area contributed by atoms with Crippen LogP contribution < -0.4 is 15.0 Å². The van der Waals surface area contributed by atoms with E-state index in [2.05, 4.69) is 29.5 Å². The van der Waals surface area contributed by atoms with Crippen LogP contribution in [0.4, 0.5) is 10.5 Å². The molecule has 36 heavy (non-hydrogen) atoms. The molecule has 7 nitrogen and oxygen atoms in total. The zero-order valence-corrected chi connectivity index (χ0v) is 20.8. The number of benzene rings is 3. The van der Waals surface area contributed by atoms with Gasteiger partial charge >= 0.3 is 6.03 Å². The van der Waals surface area contributed by atoms with E-state index in [0.717, 1.165) is 34.4 Å². The normalized spacial score (nSPS) is 15.7. The third-order valence-electron chi connectivity index (χ3n) is 6.48. The number of nitrogens with one attached hydrogen (secondary N) is 1. The quantitative estimate of drug-likeness (QED) is 0.349. The largest absolute Gasteiger partial charge is 0.497 e. The number of hydrogen-bond donors (Lipinski definition) is 1. The van der Waals surface area contributed by atoms with E-state index < -0.39 is 6.04 Å². The lowest BCUT2D eigenvalue weighted by Crippen LogP contribution is -2.46. The molecular formula is C29H28N4O3. The van der Waals surface area contributed by atoms with Crippen LogP contribution >= 0.6 is 0 Å². The molecule has 3 aromatic carbocycles. The maximum absolute atomic E-state index is 13.4. The molecule has 2 heterocycles. The zero-order valence-electron chi connectivity index (χ0n) is 20.8. The second-order valence-corrected chi connectivity index (χ2v) is 8.80. The van der Waals surface area contributed by atoms with Gasteiger partial charge < -0.3 is 14.6 Å². The van der Waals surface area contributed by atoms with Gasteiger partial charge in [0, 0.05) is 11.3 Å². The van der Waals surface area contributed by atoms with Crippen molar-refractivity contribution in [3.05, 3.63) is 101 Å². The molecule has 0 radical (unpaired) electrons. The molecule has 5 rings (SSSR count). The van der Waals surface area contributed by atoms with Gasteiger partial charge in [-0.1, -0.05) is 66.2 Å². The average Bonchev–Trinajstić information content (AvgIpc) is 3.39. The van der Waals surface area contributed by atoms with Crippen LogP contribution in [0.3, 0.4) is 0 Å². The summed E-state index contributed by atoms with van der Waals surface area (Å²) in [7, 11) is 1.62. The molecule has 4 aromatic rings. The van der Waals surface area contributed by atoms with Crippen LogP contribution in [0.5, 0.6) is 5.75 Å². The lowest BCUT2D eigenvalue weighted by atomic mass is 9.94. The molecule has 1 aromatic heterocycles. The van der Waals surface area contributed by atoms with Gasteiger partial charge in [0.25, 0.3) is 5.89 Å². The number of hydrogen-bond acceptors (Lipinski definition) is 5. The Morgan fingerprint density at radius 1 is 1.03 bits per heavy atom. The fourth-order valence-corrected chi connectivity index (χ4v) is 4.44. The Bertz CT molecular complexity index is 1420. The first-order chi connectivity index (χ1) is 17.5. The Labute approximate surface area is 210 Å². The van der Waals surface area contributed by atoms with Crippen LogP contribution in [0.2, 0.25) is 0 Å². The van der Waals surface area contributed by atoms with Crippen molar-refractivity contribution < 1.29 is 14.1 Å². The standard InChI is InChI=1S/C29H28N4O3/c1-5-20-11-13-21(14-12-20)27-31-28(36-32-27)25-19(3)33(23-15-9-18(2)10-16-23)29(34)30-26(25)22-7-6-8-24(17-22)35-4/h6-17,26H,5H2,1-4H3,(H,30,34). The Morgan fingerprint density at radius 3 is 2.47 bits per heavy atom. The van der Waals surface area contributed by atoms with E-state index >= 15 is 0 Å². The molecule has 2 amide bonds. The number of methoxy groups -OCH3 is 1. The predicted octanol–water partition coefficient (Wildman–Crippen LogP) is 6.32. The number of aryl methyl sites for hydroxylation is 2. The van der Waals surface area contributed by atoms with Crippen molar-refractivity contribution in [2.75, 3.05) is 12.0 Å². The molecule has 1 aliphatic rings. The molecule has 0 fully saturated rings. The minimum atomic E-state index is -0.495. The number of rotatable bonds is 6. The summed E-state index contributed by atoms with van der Waals surface area (Å²) in [6.45, 7) is 6.04. The Kier molecular flexibility index (Phi) is 6.29. The van der Waals surface area contributed by atoms with Gasteiger partial charge in [-0.05, 0) is 55.7 Å². The maximum atomic E-state index is 13.4. The highest BCUT2D eigenvalue weighted by Crippen LogP contribution is 2.39. The zero-order chi connectivity index (χ0) is 25.2. The van der Waals surface area contributed by atoms with Crippen molar-refractivity contribution in [3.63, 3.8) is 0 Å². The molecule has 0 saturated carbocycles. The number of aromatic nitrogens is 2. The van der Waals surface area contributed by atoms with E-state index in [1.54, 1.807) is 12.0 Å². The molecule has 0 aliphatic carbocycles. The van der Waals surface area contributed by atoms with E-state index in [1.807, 2.05) is 74.5 Å². The van der Waals surface area contributed by atoms with Crippen molar-refractivity contribution in [2.24, 2.45) is 0 Å². The maximum Gasteiger partial charge on any atom is 0.326 e. The van der Waals surface area contributed by atoms with Crippen LogP contribution in [0.15, 0.2) is 83.0 Å². The smallest absolute Gasteiger partial charge is 0.326 e. The molecule has 0 bridgehead atoms. The van der Waals surface area contributed by atoms with Gasteiger partial charge in [-0.15, -0.1) is 0 Å². The molecule has 1 unspecified atom stereocenters. The highest BCUT2D eigenvalue weighted by atomic mass is 16.5. The summed E-state index contributed by atoms with van der Waals surface area (Å²) in [5.41, 5.74) is 6.28. The van der Waals surface area contributed by atoms with Crippen LogP contribution in [0.25, 0.3) is 17.0 Å². The lowest BCUT2D eigenvalue weighted by molar-refractivity contribution is 0.244. The topological polar surface area (TPSA) is 80.5 Å². The van der Waals surface area contributed by atoms with Gasteiger partial charge in [0.2, 0.25) is 5.82 Å². The highest BCUT2D eigenvalue weighted by molar-refractivity contribution is 6.01. The number of carbonyl (C=O) groups excluding carboxylic acids is 1. The first-order valence-electron chi connectivity index (χ1n) is 11.9. The van der Waals surface area contributed by atoms with Crippen molar-refractivity contribution >= 4 is 17.3 Å². The Balaban J connectivity index is 1.63. The fourth-order valence-electron chi connectivity index (χ4n) is 4.44. The van der Waals surface area contributed by atoms with E-state index in [9.17, 15) is 4.79 Å². The number of anilines is 1. The van der Waals surface area contributed by atoms with Crippen LogP contribution in [0.1, 0.15) is 42.5 Å². The fraction of sp³-hybridized carbons (Fsp3) is 0.207. The predicted molar refractivity (Wildman–Crippen MR) is 140 cm³/mol. The van der Waals surface area contributed by atoms with E-state index in [4.69, 9.17) is 14.2 Å². The minimum absolute atomic E-state index is 0.234. The van der Waals surface area contributed by atoms with E-state index in [0.29, 0.717) is 23.2 Å². The van der Waals surface area contributed by atoms with Gasteiger partial charge in [0.1, 0.15) is 5.75 Å². The summed E-state index contributed by atoms with van der Waals surface area (Å²) in [4.78, 5) is 19.8. The number of carbonyl (C=O) groups is 1. The van der Waals surface area contributed by atoms with Crippen molar-refractivity contribution in [3.8, 4) is 17.1 Å². The van der Waals surface area contributed by atoms with E-state index in [1.165, 1.54) is 5.56 Å². The SMILES string of the molecule is CCc1ccc(-c2noc(C3=C(C)N(c4ccc(C)cc4)C(=O)NC3c3cccc(OC)c3)n2)cc1. The van der Waals surface area contributed by atoms with Crippen molar-refractivity contribution in [1.82, 2.24) is 15.5 Å². The van der Waals surface area contributed by atoms with E-state index in [-0.39, 0.29) is 6.03 Å². The minimum Gasteiger partial charge on any atom is -0.497 e. The van der Waals surface area contributed by atoms with Crippen molar-refractivity contribution in [1.29, 1.82) is 0 Å². The molecule has 1 atom stereocenters. The van der Waals surface area contributed by atoms with Gasteiger partial charge in [0.15, 0.2) is 0 Å². The molecule has 182 valence electrons. The summed E-state index contributed by atoms with van der Waals surface area (Å²) in [5.74, 6) is 1.55. The third-order valence-corrected chi connectivity index (χ3v) is 6.48. The Morgan fingerprint density at radius 2 is 1.78 bits per heavy atom. The first kappa shape index (κ1) is 23.4. The number of nitrogens with zero attached hydrogens (tertiary/aromatic N) is 3. The lowest BCUT2D eigenvalue weighted by Gasteiger charge is -2.35. The van der Waals surface area contributed by atoms with Crippen LogP contribution in [-0.2, 0) is 6.42 Å². The molecule has 0 spiro atoms. The highest BCUT2D eigenvalue weighted by Gasteiger charge is 2.36. The second kappa shape index (κ2) is 9.70. The number of urea groups is 1.